The zero-order valence-electron chi connectivity index (χ0n) is 9.31. The van der Waals surface area contributed by atoms with E-state index in [1.165, 1.54) is 0 Å². The molecule has 90 valence electrons. The number of benzene rings is 1. The number of rotatable bonds is 5. The van der Waals surface area contributed by atoms with Gasteiger partial charge < -0.3 is 21.1 Å². The zero-order chi connectivity index (χ0) is 12.3. The first kappa shape index (κ1) is 11.6. The standard InChI is InChI=1S/C12H15N3O2/c13-12(17)10(16)7-14-6-9-3-1-2-8-4-5-15-11(8)9/h1-5,10,14-16H,6-7H2,(H2,13,17). The fraction of sp³-hybridized carbons (Fsp3) is 0.250. The number of nitrogens with one attached hydrogen (secondary N) is 2. The molecule has 5 nitrogen and oxygen atoms in total. The van der Waals surface area contributed by atoms with E-state index in [1.807, 2.05) is 30.5 Å². The summed E-state index contributed by atoms with van der Waals surface area (Å²) in [4.78, 5) is 13.8. The van der Waals surface area contributed by atoms with Gasteiger partial charge in [-0.15, -0.1) is 0 Å². The van der Waals surface area contributed by atoms with Crippen LogP contribution in [0.25, 0.3) is 10.9 Å². The van der Waals surface area contributed by atoms with Crippen molar-refractivity contribution in [3.8, 4) is 0 Å². The summed E-state index contributed by atoms with van der Waals surface area (Å²) in [5.74, 6) is -0.712. The number of hydrogen-bond donors (Lipinski definition) is 4. The summed E-state index contributed by atoms with van der Waals surface area (Å²) < 4.78 is 0. The number of hydrogen-bond acceptors (Lipinski definition) is 3. The molecule has 0 aliphatic rings. The van der Waals surface area contributed by atoms with Crippen LogP contribution in [0.15, 0.2) is 30.5 Å². The van der Waals surface area contributed by atoms with Crippen molar-refractivity contribution in [2.75, 3.05) is 6.54 Å². The fourth-order valence-corrected chi connectivity index (χ4v) is 1.74. The molecule has 1 amide bonds. The number of aromatic amines is 1. The Labute approximate surface area is 98.6 Å². The lowest BCUT2D eigenvalue weighted by Crippen LogP contribution is -2.37. The predicted molar refractivity (Wildman–Crippen MR) is 65.2 cm³/mol. The third-order valence-electron chi connectivity index (χ3n) is 2.66. The van der Waals surface area contributed by atoms with Crippen LogP contribution in [0.5, 0.6) is 0 Å². The van der Waals surface area contributed by atoms with Crippen LogP contribution in [-0.2, 0) is 11.3 Å². The molecule has 1 atom stereocenters. The molecule has 2 rings (SSSR count). The van der Waals surface area contributed by atoms with Crippen LogP contribution in [0.3, 0.4) is 0 Å². The maximum Gasteiger partial charge on any atom is 0.247 e. The van der Waals surface area contributed by atoms with Gasteiger partial charge in [0.05, 0.1) is 0 Å². The number of para-hydroxylation sites is 1. The summed E-state index contributed by atoms with van der Waals surface area (Å²) in [5.41, 5.74) is 7.11. The zero-order valence-corrected chi connectivity index (χ0v) is 9.31. The first-order chi connectivity index (χ1) is 8.18. The lowest BCUT2D eigenvalue weighted by molar-refractivity contribution is -0.125. The van der Waals surface area contributed by atoms with Gasteiger partial charge in [-0.2, -0.15) is 0 Å². The quantitative estimate of drug-likeness (QED) is 0.590. The van der Waals surface area contributed by atoms with Crippen LogP contribution < -0.4 is 11.1 Å². The minimum Gasteiger partial charge on any atom is -0.382 e. The summed E-state index contributed by atoms with van der Waals surface area (Å²) >= 11 is 0. The highest BCUT2D eigenvalue weighted by Crippen LogP contribution is 2.16. The minimum absolute atomic E-state index is 0.159. The SMILES string of the molecule is NC(=O)C(O)CNCc1cccc2cc[nH]c12. The average Bonchev–Trinajstić information content (AvgIpc) is 2.77. The molecule has 1 unspecified atom stereocenters. The summed E-state index contributed by atoms with van der Waals surface area (Å²) in [5, 5.41) is 13.4. The third-order valence-corrected chi connectivity index (χ3v) is 2.66. The van der Waals surface area contributed by atoms with E-state index in [0.717, 1.165) is 16.5 Å². The molecule has 0 saturated heterocycles. The molecule has 17 heavy (non-hydrogen) atoms. The third kappa shape index (κ3) is 2.64. The Morgan fingerprint density at radius 3 is 3.06 bits per heavy atom. The maximum atomic E-state index is 10.6. The molecule has 1 aromatic carbocycles. The molecule has 0 aliphatic carbocycles. The molecule has 0 spiro atoms. The van der Waals surface area contributed by atoms with E-state index in [-0.39, 0.29) is 6.54 Å². The Kier molecular flexibility index (Phi) is 3.41. The number of aliphatic hydroxyl groups excluding tert-OH is 1. The van der Waals surface area contributed by atoms with Gasteiger partial charge in [0, 0.05) is 24.8 Å². The summed E-state index contributed by atoms with van der Waals surface area (Å²) in [6, 6.07) is 7.98. The number of primary amides is 1. The summed E-state index contributed by atoms with van der Waals surface area (Å²) in [6.07, 6.45) is 0.740. The summed E-state index contributed by atoms with van der Waals surface area (Å²) in [7, 11) is 0. The van der Waals surface area contributed by atoms with E-state index >= 15 is 0 Å². The van der Waals surface area contributed by atoms with Crippen molar-refractivity contribution in [3.63, 3.8) is 0 Å². The number of carbonyl (C=O) groups excluding carboxylic acids is 1. The van der Waals surface area contributed by atoms with Crippen LogP contribution in [0.1, 0.15) is 5.56 Å². The van der Waals surface area contributed by atoms with E-state index in [9.17, 15) is 9.90 Å². The van der Waals surface area contributed by atoms with E-state index in [2.05, 4.69) is 10.3 Å². The smallest absolute Gasteiger partial charge is 0.247 e. The van der Waals surface area contributed by atoms with Gasteiger partial charge in [0.15, 0.2) is 0 Å². The second-order valence-corrected chi connectivity index (χ2v) is 3.91. The van der Waals surface area contributed by atoms with Gasteiger partial charge in [-0.25, -0.2) is 0 Å². The lowest BCUT2D eigenvalue weighted by atomic mass is 10.1. The largest absolute Gasteiger partial charge is 0.382 e. The molecule has 0 radical (unpaired) electrons. The summed E-state index contributed by atoms with van der Waals surface area (Å²) in [6.45, 7) is 0.731. The number of carbonyl (C=O) groups is 1. The Balaban J connectivity index is 1.99. The van der Waals surface area contributed by atoms with Crippen LogP contribution >= 0.6 is 0 Å². The number of aromatic nitrogens is 1. The van der Waals surface area contributed by atoms with Crippen LogP contribution in [0.2, 0.25) is 0 Å². The fourth-order valence-electron chi connectivity index (χ4n) is 1.74. The van der Waals surface area contributed by atoms with Crippen molar-refractivity contribution in [1.29, 1.82) is 0 Å². The van der Waals surface area contributed by atoms with Crippen molar-refractivity contribution >= 4 is 16.8 Å². The number of aliphatic hydroxyl groups is 1. The van der Waals surface area contributed by atoms with Crippen molar-refractivity contribution < 1.29 is 9.90 Å². The van der Waals surface area contributed by atoms with Gasteiger partial charge in [-0.05, 0) is 17.0 Å². The molecular formula is C12H15N3O2. The molecular weight excluding hydrogens is 218 g/mol. The van der Waals surface area contributed by atoms with Crippen molar-refractivity contribution in [1.82, 2.24) is 10.3 Å². The van der Waals surface area contributed by atoms with Gasteiger partial charge in [-0.3, -0.25) is 4.79 Å². The Morgan fingerprint density at radius 1 is 1.47 bits per heavy atom. The molecule has 0 saturated carbocycles. The predicted octanol–water partition coefficient (Wildman–Crippen LogP) is 0.104. The van der Waals surface area contributed by atoms with E-state index in [4.69, 9.17) is 5.73 Å². The van der Waals surface area contributed by atoms with Crippen molar-refractivity contribution in [3.05, 3.63) is 36.0 Å². The molecule has 1 heterocycles. The monoisotopic (exact) mass is 233 g/mol. The highest BCUT2D eigenvalue weighted by Gasteiger charge is 2.09. The topological polar surface area (TPSA) is 91.1 Å². The molecule has 0 aliphatic heterocycles. The second kappa shape index (κ2) is 4.99. The van der Waals surface area contributed by atoms with Crippen molar-refractivity contribution in [2.24, 2.45) is 5.73 Å². The van der Waals surface area contributed by atoms with Gasteiger partial charge in [0.25, 0.3) is 0 Å². The molecule has 0 fully saturated rings. The number of H-pyrrole nitrogens is 1. The highest BCUT2D eigenvalue weighted by atomic mass is 16.3. The maximum absolute atomic E-state index is 10.6. The highest BCUT2D eigenvalue weighted by molar-refractivity contribution is 5.82. The Bertz CT molecular complexity index is 521. The second-order valence-electron chi connectivity index (χ2n) is 3.91. The van der Waals surface area contributed by atoms with Crippen LogP contribution in [0, 0.1) is 0 Å². The van der Waals surface area contributed by atoms with Crippen LogP contribution in [-0.4, -0.2) is 28.6 Å². The molecule has 5 N–H and O–H groups in total. The van der Waals surface area contributed by atoms with Gasteiger partial charge in [0.1, 0.15) is 6.10 Å². The van der Waals surface area contributed by atoms with Gasteiger partial charge in [0.2, 0.25) is 5.91 Å². The minimum atomic E-state index is -1.14. The van der Waals surface area contributed by atoms with Gasteiger partial charge in [-0.1, -0.05) is 18.2 Å². The number of nitrogens with two attached hydrogens (primary N) is 1. The van der Waals surface area contributed by atoms with E-state index in [0.29, 0.717) is 6.54 Å². The van der Waals surface area contributed by atoms with E-state index in [1.54, 1.807) is 0 Å². The number of fused-ring (bicyclic) bond motifs is 1. The van der Waals surface area contributed by atoms with Gasteiger partial charge >= 0.3 is 0 Å². The average molecular weight is 233 g/mol. The molecule has 1 aromatic heterocycles. The van der Waals surface area contributed by atoms with Crippen LogP contribution in [0.4, 0.5) is 0 Å². The molecule has 5 heteroatoms. The normalized spacial score (nSPS) is 12.8. The first-order valence-corrected chi connectivity index (χ1v) is 5.41. The Morgan fingerprint density at radius 2 is 2.29 bits per heavy atom. The molecule has 0 bridgehead atoms. The Hall–Kier alpha value is -1.85. The van der Waals surface area contributed by atoms with Crippen molar-refractivity contribution in [2.45, 2.75) is 12.6 Å². The first-order valence-electron chi connectivity index (χ1n) is 5.41. The number of amides is 1. The lowest BCUT2D eigenvalue weighted by Gasteiger charge is -2.09. The molecule has 2 aromatic rings. The van der Waals surface area contributed by atoms with E-state index < -0.39 is 12.0 Å².